The predicted octanol–water partition coefficient (Wildman–Crippen LogP) is 4.59. The number of hydrogen-bond acceptors (Lipinski definition) is 4. The van der Waals surface area contributed by atoms with Gasteiger partial charge in [-0.1, -0.05) is 18.2 Å². The molecule has 1 heterocycles. The number of halogens is 1. The van der Waals surface area contributed by atoms with Crippen molar-refractivity contribution in [1.29, 1.82) is 0 Å². The van der Waals surface area contributed by atoms with Crippen molar-refractivity contribution in [1.82, 2.24) is 4.90 Å². The van der Waals surface area contributed by atoms with Crippen LogP contribution in [0, 0.1) is 0 Å². The number of aryl methyl sites for hydroxylation is 2. The van der Waals surface area contributed by atoms with Crippen molar-refractivity contribution in [3.63, 3.8) is 0 Å². The summed E-state index contributed by atoms with van der Waals surface area (Å²) < 4.78 is 11.5. The molecule has 0 N–H and O–H groups in total. The van der Waals surface area contributed by atoms with Gasteiger partial charge in [0.05, 0.1) is 19.4 Å². The Hall–Kier alpha value is -1.91. The van der Waals surface area contributed by atoms with Crippen LogP contribution in [0.1, 0.15) is 30.4 Å². The molecule has 2 aromatic carbocycles. The predicted molar refractivity (Wildman–Crippen MR) is 122 cm³/mol. The maximum absolute atomic E-state index is 5.98. The van der Waals surface area contributed by atoms with Gasteiger partial charge in [0.15, 0.2) is 0 Å². The molecule has 4 nitrogen and oxygen atoms in total. The quantitative estimate of drug-likeness (QED) is 0.588. The second kappa shape index (κ2) is 10.7. The highest BCUT2D eigenvalue weighted by Gasteiger charge is 2.19. The van der Waals surface area contributed by atoms with E-state index in [1.165, 1.54) is 42.5 Å². The largest absolute Gasteiger partial charge is 0.495 e. The standard InChI is InChI=1S/C24H32N2O2.ClH/c1-27-24-10-3-2-9-23(24)26-16-14-25(15-17-26)13-4-5-18-28-22-12-11-20-7-6-8-21(20)19-22;/h2-3,9-12,19H,4-8,13-18H2,1H3;1H. The van der Waals surface area contributed by atoms with Crippen LogP contribution in [-0.4, -0.2) is 51.3 Å². The minimum absolute atomic E-state index is 0. The lowest BCUT2D eigenvalue weighted by Crippen LogP contribution is -2.46. The van der Waals surface area contributed by atoms with Gasteiger partial charge in [-0.15, -0.1) is 12.4 Å². The number of nitrogens with zero attached hydrogens (tertiary/aromatic N) is 2. The molecule has 1 saturated heterocycles. The fourth-order valence-corrected chi connectivity index (χ4v) is 4.37. The number of hydrogen-bond donors (Lipinski definition) is 0. The lowest BCUT2D eigenvalue weighted by Gasteiger charge is -2.36. The molecule has 0 bridgehead atoms. The summed E-state index contributed by atoms with van der Waals surface area (Å²) in [7, 11) is 1.75. The van der Waals surface area contributed by atoms with Crippen molar-refractivity contribution in [2.75, 3.05) is 51.3 Å². The van der Waals surface area contributed by atoms with E-state index in [9.17, 15) is 0 Å². The number of benzene rings is 2. The molecule has 1 aliphatic heterocycles. The Morgan fingerprint density at radius 3 is 2.52 bits per heavy atom. The fourth-order valence-electron chi connectivity index (χ4n) is 4.37. The highest BCUT2D eigenvalue weighted by atomic mass is 35.5. The number of ether oxygens (including phenoxy) is 2. The Morgan fingerprint density at radius 1 is 0.897 bits per heavy atom. The van der Waals surface area contributed by atoms with Gasteiger partial charge < -0.3 is 14.4 Å². The summed E-state index contributed by atoms with van der Waals surface area (Å²) in [5.74, 6) is 2.02. The zero-order chi connectivity index (χ0) is 19.2. The van der Waals surface area contributed by atoms with Crippen molar-refractivity contribution in [2.24, 2.45) is 0 Å². The third kappa shape index (κ3) is 5.58. The number of para-hydroxylation sites is 2. The Morgan fingerprint density at radius 2 is 1.69 bits per heavy atom. The van der Waals surface area contributed by atoms with Gasteiger partial charge in [0.2, 0.25) is 0 Å². The Bertz CT molecular complexity index is 775. The van der Waals surface area contributed by atoms with Crippen LogP contribution in [0.15, 0.2) is 42.5 Å². The van der Waals surface area contributed by atoms with E-state index in [0.29, 0.717) is 0 Å². The fraction of sp³-hybridized carbons (Fsp3) is 0.500. The Kier molecular flexibility index (Phi) is 8.08. The van der Waals surface area contributed by atoms with Crippen LogP contribution >= 0.6 is 12.4 Å². The molecule has 29 heavy (non-hydrogen) atoms. The van der Waals surface area contributed by atoms with Gasteiger partial charge in [-0.3, -0.25) is 4.90 Å². The maximum atomic E-state index is 5.98. The summed E-state index contributed by atoms with van der Waals surface area (Å²) in [6.07, 6.45) is 6.06. The van der Waals surface area contributed by atoms with Crippen LogP contribution in [0.4, 0.5) is 5.69 Å². The van der Waals surface area contributed by atoms with E-state index in [1.807, 2.05) is 12.1 Å². The molecule has 2 aliphatic rings. The monoisotopic (exact) mass is 416 g/mol. The molecule has 0 aromatic heterocycles. The molecule has 2 aromatic rings. The first-order valence-electron chi connectivity index (χ1n) is 10.7. The van der Waals surface area contributed by atoms with Crippen molar-refractivity contribution < 1.29 is 9.47 Å². The van der Waals surface area contributed by atoms with Crippen LogP contribution in [0.3, 0.4) is 0 Å². The third-order valence-corrected chi connectivity index (χ3v) is 6.01. The molecule has 5 heteroatoms. The van der Waals surface area contributed by atoms with Gasteiger partial charge in [-0.25, -0.2) is 0 Å². The molecule has 0 saturated carbocycles. The van der Waals surface area contributed by atoms with Gasteiger partial charge in [0.1, 0.15) is 11.5 Å². The summed E-state index contributed by atoms with van der Waals surface area (Å²) in [4.78, 5) is 5.01. The van der Waals surface area contributed by atoms with E-state index in [4.69, 9.17) is 9.47 Å². The van der Waals surface area contributed by atoms with Gasteiger partial charge in [0, 0.05) is 26.2 Å². The number of anilines is 1. The smallest absolute Gasteiger partial charge is 0.142 e. The van der Waals surface area contributed by atoms with E-state index in [1.54, 1.807) is 7.11 Å². The summed E-state index contributed by atoms with van der Waals surface area (Å²) in [6.45, 7) is 6.33. The maximum Gasteiger partial charge on any atom is 0.142 e. The second-order valence-corrected chi connectivity index (χ2v) is 7.84. The lowest BCUT2D eigenvalue weighted by molar-refractivity contribution is 0.238. The van der Waals surface area contributed by atoms with Gasteiger partial charge >= 0.3 is 0 Å². The van der Waals surface area contributed by atoms with Gasteiger partial charge in [0.25, 0.3) is 0 Å². The average Bonchev–Trinajstić information content (AvgIpc) is 3.22. The minimum atomic E-state index is 0. The molecule has 0 amide bonds. The zero-order valence-corrected chi connectivity index (χ0v) is 18.3. The number of methoxy groups -OCH3 is 1. The van der Waals surface area contributed by atoms with E-state index >= 15 is 0 Å². The van der Waals surface area contributed by atoms with Crippen molar-refractivity contribution in [3.8, 4) is 11.5 Å². The van der Waals surface area contributed by atoms with Crippen LogP contribution < -0.4 is 14.4 Å². The molecule has 0 unspecified atom stereocenters. The topological polar surface area (TPSA) is 24.9 Å². The summed E-state index contributed by atoms with van der Waals surface area (Å²) in [5.41, 5.74) is 4.22. The van der Waals surface area contributed by atoms with Crippen LogP contribution in [0.2, 0.25) is 0 Å². The number of fused-ring (bicyclic) bond motifs is 1. The van der Waals surface area contributed by atoms with Crippen molar-refractivity contribution in [2.45, 2.75) is 32.1 Å². The van der Waals surface area contributed by atoms with Gasteiger partial charge in [-0.05, 0) is 74.0 Å². The van der Waals surface area contributed by atoms with Crippen LogP contribution in [0.25, 0.3) is 0 Å². The molecule has 1 aliphatic carbocycles. The Labute approximate surface area is 181 Å². The molecule has 0 radical (unpaired) electrons. The first-order chi connectivity index (χ1) is 13.8. The molecule has 4 rings (SSSR count). The first-order valence-corrected chi connectivity index (χ1v) is 10.7. The minimum Gasteiger partial charge on any atom is -0.495 e. The first kappa shape index (κ1) is 21.8. The van der Waals surface area contributed by atoms with Crippen molar-refractivity contribution >= 4 is 18.1 Å². The van der Waals surface area contributed by atoms with Crippen molar-refractivity contribution in [3.05, 3.63) is 53.6 Å². The van der Waals surface area contributed by atoms with E-state index in [-0.39, 0.29) is 12.4 Å². The van der Waals surface area contributed by atoms with E-state index in [2.05, 4.69) is 40.1 Å². The van der Waals surface area contributed by atoms with E-state index < -0.39 is 0 Å². The number of piperazine rings is 1. The molecule has 0 atom stereocenters. The summed E-state index contributed by atoms with van der Waals surface area (Å²) in [5, 5.41) is 0. The number of rotatable bonds is 8. The molecular formula is C24H33ClN2O2. The lowest BCUT2D eigenvalue weighted by atomic mass is 10.1. The second-order valence-electron chi connectivity index (χ2n) is 7.84. The van der Waals surface area contributed by atoms with Crippen LogP contribution in [-0.2, 0) is 12.8 Å². The molecule has 158 valence electrons. The number of unbranched alkanes of at least 4 members (excludes halogenated alkanes) is 1. The van der Waals surface area contributed by atoms with E-state index in [0.717, 1.165) is 57.3 Å². The van der Waals surface area contributed by atoms with Gasteiger partial charge in [-0.2, -0.15) is 0 Å². The molecule has 1 fully saturated rings. The molecular weight excluding hydrogens is 384 g/mol. The summed E-state index contributed by atoms with van der Waals surface area (Å²) in [6, 6.07) is 15.0. The SMILES string of the molecule is COc1ccccc1N1CCN(CCCCOc2ccc3c(c2)CCC3)CC1.Cl. The zero-order valence-electron chi connectivity index (χ0n) is 17.4. The Balaban J connectivity index is 0.00000240. The molecule has 0 spiro atoms. The normalized spacial score (nSPS) is 16.2. The van der Waals surface area contributed by atoms with Crippen LogP contribution in [0.5, 0.6) is 11.5 Å². The third-order valence-electron chi connectivity index (χ3n) is 6.01. The highest BCUT2D eigenvalue weighted by molar-refractivity contribution is 5.85. The summed E-state index contributed by atoms with van der Waals surface area (Å²) >= 11 is 0. The highest BCUT2D eigenvalue weighted by Crippen LogP contribution is 2.28. The average molecular weight is 417 g/mol.